The number of rotatable bonds is 2. The topological polar surface area (TPSA) is 52.6 Å². The van der Waals surface area contributed by atoms with Crippen LogP contribution in [-0.2, 0) is 19.1 Å². The van der Waals surface area contributed by atoms with Crippen molar-refractivity contribution in [3.63, 3.8) is 0 Å². The molecule has 2 heterocycles. The summed E-state index contributed by atoms with van der Waals surface area (Å²) in [6.07, 6.45) is 8.36. The van der Waals surface area contributed by atoms with Gasteiger partial charge in [0, 0.05) is 5.92 Å². The first-order valence-electron chi connectivity index (χ1n) is 6.52. The van der Waals surface area contributed by atoms with Crippen LogP contribution in [0.2, 0.25) is 0 Å². The van der Waals surface area contributed by atoms with Gasteiger partial charge >= 0.3 is 5.97 Å². The summed E-state index contributed by atoms with van der Waals surface area (Å²) in [5.74, 6) is 2.13. The van der Waals surface area contributed by atoms with E-state index in [4.69, 9.17) is 9.47 Å². The molecule has 4 bridgehead atoms. The summed E-state index contributed by atoms with van der Waals surface area (Å²) in [4.78, 5) is 22.7. The minimum Gasteiger partial charge on any atom is -0.422 e. The molecule has 18 heavy (non-hydrogen) atoms. The molecule has 3 fully saturated rings. The van der Waals surface area contributed by atoms with Crippen LogP contribution >= 0.6 is 0 Å². The summed E-state index contributed by atoms with van der Waals surface area (Å²) in [7, 11) is 0. The Kier molecular flexibility index (Phi) is 1.95. The highest BCUT2D eigenvalue weighted by molar-refractivity contribution is 5.82. The molecule has 0 aromatic carbocycles. The van der Waals surface area contributed by atoms with Crippen molar-refractivity contribution in [2.75, 3.05) is 0 Å². The lowest BCUT2D eigenvalue weighted by Crippen LogP contribution is -2.50. The van der Waals surface area contributed by atoms with Crippen molar-refractivity contribution < 1.29 is 19.1 Å². The first-order valence-corrected chi connectivity index (χ1v) is 6.52. The summed E-state index contributed by atoms with van der Waals surface area (Å²) in [5, 5.41) is 0. The van der Waals surface area contributed by atoms with Crippen molar-refractivity contribution in [3.8, 4) is 0 Å². The molecule has 0 aromatic heterocycles. The largest absolute Gasteiger partial charge is 0.422 e. The van der Waals surface area contributed by atoms with Gasteiger partial charge in [0.15, 0.2) is 12.2 Å². The molecule has 94 valence electrons. The maximum Gasteiger partial charge on any atom is 0.321 e. The maximum atomic E-state index is 12.4. The zero-order valence-corrected chi connectivity index (χ0v) is 9.87. The lowest BCUT2D eigenvalue weighted by molar-refractivity contribution is -0.157. The van der Waals surface area contributed by atoms with Crippen LogP contribution in [0.3, 0.4) is 0 Å². The van der Waals surface area contributed by atoms with Gasteiger partial charge in [-0.05, 0) is 31.1 Å². The number of hydrogen-bond donors (Lipinski definition) is 0. The molecule has 0 amide bonds. The second-order valence-corrected chi connectivity index (χ2v) is 5.73. The Hall–Kier alpha value is -1.38. The second kappa shape index (κ2) is 3.34. The summed E-state index contributed by atoms with van der Waals surface area (Å²) in [5.41, 5.74) is -0.532. The molecule has 4 heteroatoms. The van der Waals surface area contributed by atoms with E-state index in [0.717, 1.165) is 25.5 Å². The summed E-state index contributed by atoms with van der Waals surface area (Å²) in [6, 6.07) is 0. The Morgan fingerprint density at radius 2 is 2.33 bits per heavy atom. The number of carbonyl (C=O) groups excluding carboxylic acids is 2. The molecule has 2 saturated heterocycles. The van der Waals surface area contributed by atoms with Crippen LogP contribution in [0.15, 0.2) is 18.4 Å². The van der Waals surface area contributed by atoms with Crippen molar-refractivity contribution in [3.05, 3.63) is 18.4 Å². The predicted molar refractivity (Wildman–Crippen MR) is 60.9 cm³/mol. The molecule has 4 rings (SSSR count). The van der Waals surface area contributed by atoms with Gasteiger partial charge in [0.2, 0.25) is 0 Å². The van der Waals surface area contributed by atoms with Crippen LogP contribution in [0, 0.1) is 23.2 Å². The molecular formula is C14H14O4. The van der Waals surface area contributed by atoms with Crippen LogP contribution in [0.1, 0.15) is 19.3 Å². The van der Waals surface area contributed by atoms with E-state index in [-0.39, 0.29) is 30.0 Å². The zero-order valence-electron chi connectivity index (χ0n) is 9.87. The zero-order chi connectivity index (χ0) is 12.3. The van der Waals surface area contributed by atoms with E-state index in [1.165, 1.54) is 5.94 Å². The van der Waals surface area contributed by atoms with E-state index in [1.54, 1.807) is 0 Å². The van der Waals surface area contributed by atoms with E-state index in [1.807, 2.05) is 0 Å². The van der Waals surface area contributed by atoms with E-state index >= 15 is 0 Å². The number of carbonyl (C=O) groups is 1. The van der Waals surface area contributed by atoms with E-state index in [9.17, 15) is 9.59 Å². The lowest BCUT2D eigenvalue weighted by Gasteiger charge is -2.39. The number of fused-ring (bicyclic) bond motifs is 9. The Labute approximate surface area is 105 Å². The number of allylic oxidation sites excluding steroid dienone is 2. The summed E-state index contributed by atoms with van der Waals surface area (Å²) >= 11 is 0. The third kappa shape index (κ3) is 0.979. The van der Waals surface area contributed by atoms with Gasteiger partial charge in [-0.25, -0.2) is 4.79 Å². The number of hydrogen-bond acceptors (Lipinski definition) is 4. The van der Waals surface area contributed by atoms with Gasteiger partial charge in [-0.1, -0.05) is 12.2 Å². The first kappa shape index (κ1) is 10.5. The molecule has 0 spiro atoms. The third-order valence-electron chi connectivity index (χ3n) is 5.30. The standard InChI is InChI=1S/C14H14O4/c15-5-6-17-13(16)14-9-2-1-8(7-9)12(14)10-3-4-11(14)18-10/h1-2,6,8-12H,3-4,7H2. The van der Waals surface area contributed by atoms with E-state index in [0.29, 0.717) is 5.92 Å². The maximum absolute atomic E-state index is 12.4. The molecule has 2 aliphatic heterocycles. The number of ether oxygens (including phenoxy) is 2. The number of esters is 1. The van der Waals surface area contributed by atoms with Crippen LogP contribution in [0.5, 0.6) is 0 Å². The molecule has 0 N–H and O–H groups in total. The highest BCUT2D eigenvalue weighted by Crippen LogP contribution is 2.67. The van der Waals surface area contributed by atoms with Crippen LogP contribution < -0.4 is 0 Å². The molecule has 0 aromatic rings. The second-order valence-electron chi connectivity index (χ2n) is 5.73. The minimum absolute atomic E-state index is 0.0278. The van der Waals surface area contributed by atoms with Gasteiger partial charge in [-0.3, -0.25) is 4.79 Å². The normalized spacial score (nSPS) is 50.1. The SMILES string of the molecule is O=C=COC(=O)C12C3C=CC(C3)C1C1CCC2O1. The van der Waals surface area contributed by atoms with Gasteiger partial charge in [0.25, 0.3) is 0 Å². The van der Waals surface area contributed by atoms with Crippen molar-refractivity contribution >= 4 is 11.9 Å². The van der Waals surface area contributed by atoms with Crippen LogP contribution in [0.4, 0.5) is 0 Å². The quantitative estimate of drug-likeness (QED) is 0.318. The summed E-state index contributed by atoms with van der Waals surface area (Å²) in [6.45, 7) is 0. The monoisotopic (exact) mass is 246 g/mol. The molecule has 1 saturated carbocycles. The van der Waals surface area contributed by atoms with Crippen molar-refractivity contribution in [2.45, 2.75) is 31.5 Å². The Morgan fingerprint density at radius 1 is 1.44 bits per heavy atom. The first-order chi connectivity index (χ1) is 8.78. The predicted octanol–water partition coefficient (Wildman–Crippen LogP) is 1.24. The highest BCUT2D eigenvalue weighted by Gasteiger charge is 2.73. The highest BCUT2D eigenvalue weighted by atomic mass is 16.5. The van der Waals surface area contributed by atoms with Crippen molar-refractivity contribution in [1.82, 2.24) is 0 Å². The Morgan fingerprint density at radius 3 is 3.17 bits per heavy atom. The molecule has 4 aliphatic rings. The van der Waals surface area contributed by atoms with Crippen molar-refractivity contribution in [1.29, 1.82) is 0 Å². The lowest BCUT2D eigenvalue weighted by atomic mass is 9.61. The Balaban J connectivity index is 1.78. The van der Waals surface area contributed by atoms with Gasteiger partial charge in [0.05, 0.1) is 12.2 Å². The summed E-state index contributed by atoms with van der Waals surface area (Å²) < 4.78 is 11.0. The fourth-order valence-corrected chi connectivity index (χ4v) is 4.86. The van der Waals surface area contributed by atoms with Crippen LogP contribution in [-0.4, -0.2) is 24.1 Å². The van der Waals surface area contributed by atoms with E-state index in [2.05, 4.69) is 12.2 Å². The molecule has 0 radical (unpaired) electrons. The molecule has 6 unspecified atom stereocenters. The molecule has 6 atom stereocenters. The molecular weight excluding hydrogens is 232 g/mol. The van der Waals surface area contributed by atoms with Gasteiger partial charge in [-0.2, -0.15) is 0 Å². The fourth-order valence-electron chi connectivity index (χ4n) is 4.86. The van der Waals surface area contributed by atoms with E-state index < -0.39 is 5.41 Å². The molecule has 4 nitrogen and oxygen atoms in total. The Bertz CT molecular complexity index is 490. The minimum atomic E-state index is -0.532. The van der Waals surface area contributed by atoms with Gasteiger partial charge in [0.1, 0.15) is 5.41 Å². The average molecular weight is 246 g/mol. The van der Waals surface area contributed by atoms with Crippen LogP contribution in [0.25, 0.3) is 0 Å². The fraction of sp³-hybridized carbons (Fsp3) is 0.643. The molecule has 2 aliphatic carbocycles. The average Bonchev–Trinajstić information content (AvgIpc) is 3.10. The smallest absolute Gasteiger partial charge is 0.321 e. The van der Waals surface area contributed by atoms with Gasteiger partial charge < -0.3 is 9.47 Å². The van der Waals surface area contributed by atoms with Gasteiger partial charge in [-0.15, -0.1) is 0 Å². The van der Waals surface area contributed by atoms with Crippen molar-refractivity contribution in [2.24, 2.45) is 23.2 Å². The third-order valence-corrected chi connectivity index (χ3v) is 5.30.